The molecule has 0 fully saturated rings. The highest BCUT2D eigenvalue weighted by molar-refractivity contribution is 7.99. The van der Waals surface area contributed by atoms with Crippen LogP contribution in [0.25, 0.3) is 0 Å². The Balaban J connectivity index is 2.52. The summed E-state index contributed by atoms with van der Waals surface area (Å²) in [4.78, 5) is 0. The molecule has 0 saturated carbocycles. The van der Waals surface area contributed by atoms with Gasteiger partial charge in [-0.15, -0.1) is 0 Å². The lowest BCUT2D eigenvalue weighted by Crippen LogP contribution is -2.15. The molecule has 1 aliphatic rings. The van der Waals surface area contributed by atoms with Crippen LogP contribution in [0.4, 0.5) is 4.39 Å². The fraction of sp³-hybridized carbons (Fsp3) is 0.455. The third-order valence-electron chi connectivity index (χ3n) is 2.72. The maximum absolute atomic E-state index is 13.7. The number of fused-ring (bicyclic) bond motifs is 1. The van der Waals surface area contributed by atoms with E-state index in [1.54, 1.807) is 17.8 Å². The fourth-order valence-electron chi connectivity index (χ4n) is 1.93. The maximum atomic E-state index is 13.7. The zero-order valence-corrected chi connectivity index (χ0v) is 10.0. The van der Waals surface area contributed by atoms with Crippen molar-refractivity contribution in [2.24, 2.45) is 5.73 Å². The number of hydrogen-bond donors (Lipinski definition) is 1. The topological polar surface area (TPSA) is 26.0 Å². The van der Waals surface area contributed by atoms with Gasteiger partial charge in [-0.1, -0.05) is 18.5 Å². The van der Waals surface area contributed by atoms with Crippen molar-refractivity contribution < 1.29 is 4.39 Å². The molecule has 0 saturated heterocycles. The van der Waals surface area contributed by atoms with Crippen LogP contribution in [0.2, 0.25) is 5.02 Å². The summed E-state index contributed by atoms with van der Waals surface area (Å²) in [6, 6.07) is 2.78. The number of thioether (sulfide) groups is 1. The van der Waals surface area contributed by atoms with E-state index in [9.17, 15) is 4.39 Å². The van der Waals surface area contributed by atoms with Gasteiger partial charge in [0.1, 0.15) is 5.82 Å². The summed E-state index contributed by atoms with van der Waals surface area (Å²) >= 11 is 7.84. The number of halogens is 2. The first-order valence-corrected chi connectivity index (χ1v) is 6.36. The molecule has 4 heteroatoms. The lowest BCUT2D eigenvalue weighted by atomic mass is 9.98. The van der Waals surface area contributed by atoms with Gasteiger partial charge in [0.2, 0.25) is 0 Å². The van der Waals surface area contributed by atoms with Gasteiger partial charge in [0.05, 0.1) is 0 Å². The third kappa shape index (κ3) is 2.14. The van der Waals surface area contributed by atoms with Crippen LogP contribution in [0.5, 0.6) is 0 Å². The Morgan fingerprint density at radius 3 is 3.00 bits per heavy atom. The van der Waals surface area contributed by atoms with Crippen LogP contribution in [-0.2, 0) is 5.75 Å². The lowest BCUT2D eigenvalue weighted by Gasteiger charge is -2.15. The van der Waals surface area contributed by atoms with E-state index in [4.69, 9.17) is 17.3 Å². The molecule has 0 bridgehead atoms. The van der Waals surface area contributed by atoms with Gasteiger partial charge in [-0.2, -0.15) is 11.8 Å². The number of benzene rings is 1. The van der Waals surface area contributed by atoms with Gasteiger partial charge in [0.25, 0.3) is 0 Å². The molecule has 2 rings (SSSR count). The third-order valence-corrected chi connectivity index (χ3v) is 4.29. The molecular formula is C11H13ClFNS. The minimum atomic E-state index is -0.233. The smallest absolute Gasteiger partial charge is 0.128 e. The first kappa shape index (κ1) is 11.2. The van der Waals surface area contributed by atoms with E-state index in [2.05, 4.69) is 6.92 Å². The van der Waals surface area contributed by atoms with Gasteiger partial charge < -0.3 is 5.73 Å². The van der Waals surface area contributed by atoms with E-state index in [1.165, 1.54) is 6.07 Å². The molecule has 1 unspecified atom stereocenters. The van der Waals surface area contributed by atoms with Crippen molar-refractivity contribution in [1.82, 2.24) is 0 Å². The lowest BCUT2D eigenvalue weighted by molar-refractivity contribution is 0.563. The molecule has 1 nitrogen and oxygen atoms in total. The predicted molar refractivity (Wildman–Crippen MR) is 63.7 cm³/mol. The maximum Gasteiger partial charge on any atom is 0.128 e. The molecule has 2 atom stereocenters. The second kappa shape index (κ2) is 4.32. The van der Waals surface area contributed by atoms with Crippen LogP contribution >= 0.6 is 23.4 Å². The number of nitrogens with two attached hydrogens (primary N) is 1. The molecule has 0 aromatic heterocycles. The van der Waals surface area contributed by atoms with E-state index in [0.717, 1.165) is 17.7 Å². The molecule has 0 amide bonds. The van der Waals surface area contributed by atoms with Crippen molar-refractivity contribution in [3.63, 3.8) is 0 Å². The van der Waals surface area contributed by atoms with Crippen molar-refractivity contribution in [3.8, 4) is 0 Å². The number of rotatable bonds is 0. The molecule has 82 valence electrons. The van der Waals surface area contributed by atoms with Gasteiger partial charge in [0, 0.05) is 27.6 Å². The highest BCUT2D eigenvalue weighted by Crippen LogP contribution is 2.38. The van der Waals surface area contributed by atoms with Gasteiger partial charge in [0.15, 0.2) is 0 Å². The summed E-state index contributed by atoms with van der Waals surface area (Å²) in [5, 5.41) is 1.08. The van der Waals surface area contributed by atoms with Gasteiger partial charge >= 0.3 is 0 Å². The van der Waals surface area contributed by atoms with Crippen LogP contribution in [0, 0.1) is 5.82 Å². The normalized spacial score (nSPS) is 25.9. The van der Waals surface area contributed by atoms with Crippen molar-refractivity contribution in [3.05, 3.63) is 34.1 Å². The molecule has 1 aromatic carbocycles. The first-order chi connectivity index (χ1) is 7.09. The standard InChI is InChI=1S/C11H13ClFNS/c1-6-4-10(14)11-7(5-15-6)8(12)2-3-9(11)13/h2-3,6,10H,4-5,14H2,1H3/t6?,10-/m0/s1. The predicted octanol–water partition coefficient (Wildman–Crippen LogP) is 3.50. The highest BCUT2D eigenvalue weighted by atomic mass is 35.5. The number of hydrogen-bond acceptors (Lipinski definition) is 2. The average molecular weight is 246 g/mol. The van der Waals surface area contributed by atoms with Crippen molar-refractivity contribution in [1.29, 1.82) is 0 Å². The summed E-state index contributed by atoms with van der Waals surface area (Å²) < 4.78 is 13.7. The Hall–Kier alpha value is -0.250. The zero-order valence-electron chi connectivity index (χ0n) is 8.47. The summed E-state index contributed by atoms with van der Waals surface area (Å²) in [7, 11) is 0. The van der Waals surface area contributed by atoms with Crippen LogP contribution < -0.4 is 5.73 Å². The van der Waals surface area contributed by atoms with E-state index < -0.39 is 0 Å². The van der Waals surface area contributed by atoms with E-state index in [0.29, 0.717) is 15.8 Å². The van der Waals surface area contributed by atoms with Crippen molar-refractivity contribution in [2.75, 3.05) is 0 Å². The molecule has 0 spiro atoms. The average Bonchev–Trinajstić information content (AvgIpc) is 2.32. The molecule has 0 aliphatic carbocycles. The Morgan fingerprint density at radius 1 is 1.53 bits per heavy atom. The minimum absolute atomic E-state index is 0.225. The largest absolute Gasteiger partial charge is 0.324 e. The highest BCUT2D eigenvalue weighted by Gasteiger charge is 2.24. The molecule has 1 heterocycles. The van der Waals surface area contributed by atoms with E-state index >= 15 is 0 Å². The van der Waals surface area contributed by atoms with Crippen molar-refractivity contribution >= 4 is 23.4 Å². The summed E-state index contributed by atoms with van der Waals surface area (Å²) in [5.74, 6) is 0.525. The zero-order chi connectivity index (χ0) is 11.0. The molecule has 1 aromatic rings. The summed E-state index contributed by atoms with van der Waals surface area (Å²) in [6.45, 7) is 2.11. The van der Waals surface area contributed by atoms with Crippen molar-refractivity contribution in [2.45, 2.75) is 30.4 Å². The quantitative estimate of drug-likeness (QED) is 0.757. The van der Waals surface area contributed by atoms with Gasteiger partial charge in [-0.25, -0.2) is 4.39 Å². The summed E-state index contributed by atoms with van der Waals surface area (Å²) in [5.41, 5.74) is 7.48. The Kier molecular flexibility index (Phi) is 3.24. The molecule has 2 N–H and O–H groups in total. The second-order valence-corrected chi connectivity index (χ2v) is 5.72. The van der Waals surface area contributed by atoms with Crippen LogP contribution in [0.15, 0.2) is 12.1 Å². The van der Waals surface area contributed by atoms with E-state index in [1.807, 2.05) is 0 Å². The molecular weight excluding hydrogens is 233 g/mol. The Labute approximate surface area is 98.2 Å². The van der Waals surface area contributed by atoms with Gasteiger partial charge in [-0.05, 0) is 24.1 Å². The van der Waals surface area contributed by atoms with Crippen LogP contribution in [0.3, 0.4) is 0 Å². The molecule has 0 radical (unpaired) electrons. The second-order valence-electron chi connectivity index (χ2n) is 3.89. The van der Waals surface area contributed by atoms with E-state index in [-0.39, 0.29) is 11.9 Å². The Morgan fingerprint density at radius 2 is 2.27 bits per heavy atom. The monoisotopic (exact) mass is 245 g/mol. The molecule has 1 aliphatic heterocycles. The minimum Gasteiger partial charge on any atom is -0.324 e. The summed E-state index contributed by atoms with van der Waals surface area (Å²) in [6.07, 6.45) is 0.801. The Bertz CT molecular complexity index is 383. The SMILES string of the molecule is CC1C[C@H](N)c2c(F)ccc(Cl)c2CS1. The van der Waals surface area contributed by atoms with Crippen LogP contribution in [0.1, 0.15) is 30.5 Å². The van der Waals surface area contributed by atoms with Crippen LogP contribution in [-0.4, -0.2) is 5.25 Å². The fourth-order valence-corrected chi connectivity index (χ4v) is 3.34. The first-order valence-electron chi connectivity index (χ1n) is 4.93. The van der Waals surface area contributed by atoms with Gasteiger partial charge in [-0.3, -0.25) is 0 Å². The molecule has 15 heavy (non-hydrogen) atoms.